The fourth-order valence-electron chi connectivity index (χ4n) is 4.99. The van der Waals surface area contributed by atoms with Crippen LogP contribution in [0.5, 0.6) is 0 Å². The first-order chi connectivity index (χ1) is 16.9. The number of morpholine rings is 1. The molecular formula is C25H29F3N4O4. The zero-order valence-corrected chi connectivity index (χ0v) is 20.2. The lowest BCUT2D eigenvalue weighted by atomic mass is 9.83. The van der Waals surface area contributed by atoms with Crippen molar-refractivity contribution in [3.05, 3.63) is 59.4 Å². The number of benzene rings is 1. The van der Waals surface area contributed by atoms with E-state index >= 15 is 0 Å². The highest BCUT2D eigenvalue weighted by molar-refractivity contribution is 5.82. The molecule has 2 heterocycles. The lowest BCUT2D eigenvalue weighted by Gasteiger charge is -2.35. The molecule has 36 heavy (non-hydrogen) atoms. The largest absolute Gasteiger partial charge is 0.465 e. The standard InChI is InChI=1S/C25H29F3N4O4/c1-24(2)17-7-5-4-6-15(17)12-20(24)30-16-8-9-18(29-13-16)21(25(26,27)28)31(3)22(33)19-14-32(23(34)35)10-11-36-19/h4-9,13,19-21,30H,10-12,14H2,1-3H3,(H,34,35)/t19-,20+,21+/m1/s1. The number of anilines is 1. The zero-order valence-electron chi connectivity index (χ0n) is 20.2. The quantitative estimate of drug-likeness (QED) is 0.640. The van der Waals surface area contributed by atoms with Gasteiger partial charge in [-0.05, 0) is 29.7 Å². The van der Waals surface area contributed by atoms with Crippen molar-refractivity contribution in [3.63, 3.8) is 0 Å². The molecule has 2 N–H and O–H groups in total. The number of carbonyl (C=O) groups excluding carboxylic acids is 1. The van der Waals surface area contributed by atoms with Crippen molar-refractivity contribution >= 4 is 17.7 Å². The Kier molecular flexibility index (Phi) is 6.87. The number of fused-ring (bicyclic) bond motifs is 1. The minimum absolute atomic E-state index is 0.0332. The highest BCUT2D eigenvalue weighted by Crippen LogP contribution is 2.40. The third kappa shape index (κ3) is 4.97. The van der Waals surface area contributed by atoms with Crippen LogP contribution < -0.4 is 5.32 Å². The van der Waals surface area contributed by atoms with Crippen molar-refractivity contribution in [3.8, 4) is 0 Å². The number of amides is 2. The van der Waals surface area contributed by atoms with Crippen molar-refractivity contribution < 1.29 is 32.6 Å². The molecule has 2 aliphatic rings. The van der Waals surface area contributed by atoms with E-state index < -0.39 is 30.3 Å². The van der Waals surface area contributed by atoms with E-state index in [2.05, 4.69) is 36.3 Å². The summed E-state index contributed by atoms with van der Waals surface area (Å²) in [5.74, 6) is -0.960. The van der Waals surface area contributed by atoms with Crippen LogP contribution in [0.4, 0.5) is 23.7 Å². The highest BCUT2D eigenvalue weighted by Gasteiger charge is 2.48. The summed E-state index contributed by atoms with van der Waals surface area (Å²) in [7, 11) is 1.02. The number of hydrogen-bond acceptors (Lipinski definition) is 5. The normalized spacial score (nSPS) is 22.0. The van der Waals surface area contributed by atoms with Crippen LogP contribution in [0.3, 0.4) is 0 Å². The molecule has 1 aliphatic carbocycles. The molecule has 1 aliphatic heterocycles. The van der Waals surface area contributed by atoms with Gasteiger partial charge >= 0.3 is 12.3 Å². The van der Waals surface area contributed by atoms with Crippen molar-refractivity contribution in [2.45, 2.75) is 50.0 Å². The van der Waals surface area contributed by atoms with E-state index in [4.69, 9.17) is 9.84 Å². The number of likely N-dealkylation sites (N-methyl/N-ethyl adjacent to an activating group) is 1. The van der Waals surface area contributed by atoms with Crippen LogP contribution in [0.15, 0.2) is 42.6 Å². The van der Waals surface area contributed by atoms with E-state index in [0.29, 0.717) is 10.6 Å². The maximum absolute atomic E-state index is 14.1. The van der Waals surface area contributed by atoms with Crippen LogP contribution in [0.2, 0.25) is 0 Å². The second-order valence-electron chi connectivity index (χ2n) is 9.73. The van der Waals surface area contributed by atoms with Gasteiger partial charge in [-0.3, -0.25) is 9.78 Å². The van der Waals surface area contributed by atoms with Gasteiger partial charge < -0.3 is 25.0 Å². The zero-order chi connectivity index (χ0) is 26.3. The first-order valence-electron chi connectivity index (χ1n) is 11.6. The maximum Gasteiger partial charge on any atom is 0.414 e. The lowest BCUT2D eigenvalue weighted by Crippen LogP contribution is -2.53. The summed E-state index contributed by atoms with van der Waals surface area (Å²) in [5, 5.41) is 12.6. The molecule has 194 valence electrons. The average Bonchev–Trinajstić information content (AvgIpc) is 3.08. The van der Waals surface area contributed by atoms with Crippen molar-refractivity contribution in [1.82, 2.24) is 14.8 Å². The van der Waals surface area contributed by atoms with Gasteiger partial charge in [0, 0.05) is 25.0 Å². The van der Waals surface area contributed by atoms with Gasteiger partial charge in [0.2, 0.25) is 0 Å². The van der Waals surface area contributed by atoms with E-state index in [-0.39, 0.29) is 36.8 Å². The van der Waals surface area contributed by atoms with Gasteiger partial charge in [-0.15, -0.1) is 0 Å². The Morgan fingerprint density at radius 1 is 1.25 bits per heavy atom. The van der Waals surface area contributed by atoms with Crippen LogP contribution in [0.1, 0.15) is 36.7 Å². The smallest absolute Gasteiger partial charge is 0.414 e. The lowest BCUT2D eigenvalue weighted by molar-refractivity contribution is -0.195. The predicted octanol–water partition coefficient (Wildman–Crippen LogP) is 3.84. The number of ether oxygens (including phenoxy) is 1. The third-order valence-corrected chi connectivity index (χ3v) is 7.07. The first-order valence-corrected chi connectivity index (χ1v) is 11.6. The van der Waals surface area contributed by atoms with Gasteiger partial charge in [-0.25, -0.2) is 4.79 Å². The number of carbonyl (C=O) groups is 2. The highest BCUT2D eigenvalue weighted by atomic mass is 19.4. The first kappa shape index (κ1) is 25.7. The summed E-state index contributed by atoms with van der Waals surface area (Å²) in [6.07, 6.45) is -5.26. The van der Waals surface area contributed by atoms with Gasteiger partial charge in [-0.2, -0.15) is 13.2 Å². The minimum atomic E-state index is -4.80. The van der Waals surface area contributed by atoms with E-state index in [0.717, 1.165) is 18.4 Å². The molecule has 0 radical (unpaired) electrons. The van der Waals surface area contributed by atoms with Crippen LogP contribution in [-0.4, -0.2) is 77.0 Å². The number of hydrogen-bond donors (Lipinski definition) is 2. The van der Waals surface area contributed by atoms with E-state index in [9.17, 15) is 22.8 Å². The monoisotopic (exact) mass is 506 g/mol. The maximum atomic E-state index is 14.1. The van der Waals surface area contributed by atoms with Crippen molar-refractivity contribution in [1.29, 1.82) is 0 Å². The molecule has 11 heteroatoms. The number of carboxylic acid groups (broad SMARTS) is 1. The molecule has 0 saturated carbocycles. The molecule has 1 aromatic heterocycles. The fraction of sp³-hybridized carbons (Fsp3) is 0.480. The Bertz CT molecular complexity index is 1120. The Morgan fingerprint density at radius 3 is 2.58 bits per heavy atom. The van der Waals surface area contributed by atoms with Gasteiger partial charge in [-0.1, -0.05) is 38.1 Å². The SMILES string of the molecule is CN(C(=O)[C@H]1CN(C(=O)O)CCO1)[C@@H](c1ccc(N[C@H]2Cc3ccccc3C2(C)C)cn1)C(F)(F)F. The number of halogens is 3. The number of rotatable bonds is 5. The number of nitrogens with one attached hydrogen (secondary N) is 1. The Balaban J connectivity index is 1.50. The van der Waals surface area contributed by atoms with Crippen LogP contribution in [-0.2, 0) is 21.4 Å². The number of nitrogens with zero attached hydrogens (tertiary/aromatic N) is 3. The second-order valence-corrected chi connectivity index (χ2v) is 9.73. The molecule has 1 fully saturated rings. The van der Waals surface area contributed by atoms with Crippen LogP contribution >= 0.6 is 0 Å². The fourth-order valence-corrected chi connectivity index (χ4v) is 4.99. The molecule has 8 nitrogen and oxygen atoms in total. The van der Waals surface area contributed by atoms with E-state index in [1.54, 1.807) is 0 Å². The van der Waals surface area contributed by atoms with Crippen LogP contribution in [0.25, 0.3) is 0 Å². The summed E-state index contributed by atoms with van der Waals surface area (Å²) in [5.41, 5.74) is 2.51. The topological polar surface area (TPSA) is 95.0 Å². The Labute approximate surface area is 207 Å². The predicted molar refractivity (Wildman–Crippen MR) is 126 cm³/mol. The average molecular weight is 507 g/mol. The van der Waals surface area contributed by atoms with Gasteiger partial charge in [0.25, 0.3) is 5.91 Å². The molecule has 2 aromatic rings. The molecule has 2 amide bonds. The Morgan fingerprint density at radius 2 is 1.97 bits per heavy atom. The molecule has 0 spiro atoms. The second kappa shape index (κ2) is 9.61. The molecule has 4 rings (SSSR count). The summed E-state index contributed by atoms with van der Waals surface area (Å²) < 4.78 is 47.5. The number of pyridine rings is 1. The summed E-state index contributed by atoms with van der Waals surface area (Å²) >= 11 is 0. The summed E-state index contributed by atoms with van der Waals surface area (Å²) in [4.78, 5) is 29.6. The van der Waals surface area contributed by atoms with Gasteiger partial charge in [0.15, 0.2) is 12.1 Å². The van der Waals surface area contributed by atoms with Gasteiger partial charge in [0.1, 0.15) is 0 Å². The molecule has 0 unspecified atom stereocenters. The third-order valence-electron chi connectivity index (χ3n) is 7.07. The molecular weight excluding hydrogens is 477 g/mol. The molecule has 1 aromatic carbocycles. The molecule has 3 atom stereocenters. The number of alkyl halides is 3. The van der Waals surface area contributed by atoms with Crippen molar-refractivity contribution in [2.75, 3.05) is 32.1 Å². The number of aromatic nitrogens is 1. The molecule has 0 bridgehead atoms. The summed E-state index contributed by atoms with van der Waals surface area (Å²) in [6.45, 7) is 3.88. The van der Waals surface area contributed by atoms with E-state index in [1.165, 1.54) is 29.5 Å². The Hall–Kier alpha value is -3.34. The minimum Gasteiger partial charge on any atom is -0.465 e. The van der Waals surface area contributed by atoms with Gasteiger partial charge in [0.05, 0.1) is 30.7 Å². The van der Waals surface area contributed by atoms with Crippen LogP contribution in [0, 0.1) is 0 Å². The van der Waals surface area contributed by atoms with Crippen molar-refractivity contribution in [2.24, 2.45) is 0 Å². The molecule has 1 saturated heterocycles. The van der Waals surface area contributed by atoms with E-state index in [1.807, 2.05) is 12.1 Å². The summed E-state index contributed by atoms with van der Waals surface area (Å²) in [6, 6.07) is 8.65.